The summed E-state index contributed by atoms with van der Waals surface area (Å²) in [6, 6.07) is 13.2. The zero-order chi connectivity index (χ0) is 16.2. The van der Waals surface area contributed by atoms with Crippen LogP contribution >= 0.6 is 11.6 Å². The molecular weight excluding hydrogens is 324 g/mol. The van der Waals surface area contributed by atoms with E-state index < -0.39 is 15.9 Å². The third kappa shape index (κ3) is 4.22. The van der Waals surface area contributed by atoms with Crippen molar-refractivity contribution in [3.05, 3.63) is 54.1 Å². The van der Waals surface area contributed by atoms with Gasteiger partial charge >= 0.3 is 0 Å². The Morgan fingerprint density at radius 2 is 1.77 bits per heavy atom. The Hall–Kier alpha value is -2.05. The number of hydrogen-bond donors (Lipinski definition) is 2. The zero-order valence-electron chi connectivity index (χ0n) is 11.8. The van der Waals surface area contributed by atoms with E-state index in [2.05, 4.69) is 10.0 Å². The van der Waals surface area contributed by atoms with Gasteiger partial charge < -0.3 is 5.32 Å². The van der Waals surface area contributed by atoms with Gasteiger partial charge in [0.2, 0.25) is 5.91 Å². The molecule has 0 heterocycles. The lowest BCUT2D eigenvalue weighted by Crippen LogP contribution is -2.16. The van der Waals surface area contributed by atoms with Crippen molar-refractivity contribution < 1.29 is 13.2 Å². The number of aryl methyl sites for hydroxylation is 1. The highest BCUT2D eigenvalue weighted by molar-refractivity contribution is 7.92. The topological polar surface area (TPSA) is 75.3 Å². The number of alkyl halides is 1. The van der Waals surface area contributed by atoms with Crippen LogP contribution in [0.5, 0.6) is 0 Å². The average Bonchev–Trinajstić information content (AvgIpc) is 2.47. The molecule has 0 aliphatic carbocycles. The van der Waals surface area contributed by atoms with E-state index in [4.69, 9.17) is 11.6 Å². The third-order valence-electron chi connectivity index (χ3n) is 2.79. The monoisotopic (exact) mass is 338 g/mol. The van der Waals surface area contributed by atoms with Gasteiger partial charge in [0, 0.05) is 11.4 Å². The van der Waals surface area contributed by atoms with Crippen LogP contribution in [-0.4, -0.2) is 20.2 Å². The number of rotatable bonds is 5. The van der Waals surface area contributed by atoms with Crippen LogP contribution in [0.25, 0.3) is 0 Å². The molecule has 0 saturated heterocycles. The Morgan fingerprint density at radius 1 is 1.09 bits per heavy atom. The van der Waals surface area contributed by atoms with Crippen molar-refractivity contribution in [2.45, 2.75) is 11.8 Å². The second-order valence-corrected chi connectivity index (χ2v) is 6.64. The smallest absolute Gasteiger partial charge is 0.261 e. The quantitative estimate of drug-likeness (QED) is 0.823. The van der Waals surface area contributed by atoms with E-state index in [0.29, 0.717) is 16.9 Å². The lowest BCUT2D eigenvalue weighted by atomic mass is 10.2. The van der Waals surface area contributed by atoms with E-state index in [-0.39, 0.29) is 10.8 Å². The largest absolute Gasteiger partial charge is 0.325 e. The second kappa shape index (κ2) is 6.81. The molecule has 2 aromatic carbocycles. The summed E-state index contributed by atoms with van der Waals surface area (Å²) in [5.74, 6) is -0.593. The predicted octanol–water partition coefficient (Wildman–Crippen LogP) is 2.97. The maximum atomic E-state index is 12.4. The predicted molar refractivity (Wildman–Crippen MR) is 87.8 cm³/mol. The molecule has 0 aromatic heterocycles. The summed E-state index contributed by atoms with van der Waals surface area (Å²) in [6.07, 6.45) is 0. The minimum Gasteiger partial charge on any atom is -0.325 e. The highest BCUT2D eigenvalue weighted by Gasteiger charge is 2.16. The molecule has 116 valence electrons. The van der Waals surface area contributed by atoms with Gasteiger partial charge in [0.15, 0.2) is 0 Å². The number of benzene rings is 2. The Morgan fingerprint density at radius 3 is 2.41 bits per heavy atom. The van der Waals surface area contributed by atoms with Crippen LogP contribution in [0, 0.1) is 6.92 Å². The molecule has 0 spiro atoms. The SMILES string of the molecule is Cc1cc(NC(=O)CCl)cc(S(=O)(=O)Nc2ccccc2)c1. The summed E-state index contributed by atoms with van der Waals surface area (Å²) < 4.78 is 27.3. The average molecular weight is 339 g/mol. The van der Waals surface area contributed by atoms with Crippen LogP contribution in [0.1, 0.15) is 5.56 Å². The Bertz CT molecular complexity index is 777. The summed E-state index contributed by atoms with van der Waals surface area (Å²) in [4.78, 5) is 11.4. The molecule has 0 radical (unpaired) electrons. The van der Waals surface area contributed by atoms with E-state index in [1.807, 2.05) is 0 Å². The molecule has 22 heavy (non-hydrogen) atoms. The molecule has 5 nitrogen and oxygen atoms in total. The normalized spacial score (nSPS) is 11.0. The van der Waals surface area contributed by atoms with Crippen molar-refractivity contribution >= 4 is 38.9 Å². The van der Waals surface area contributed by atoms with Crippen LogP contribution in [0.15, 0.2) is 53.4 Å². The summed E-state index contributed by atoms with van der Waals surface area (Å²) >= 11 is 5.44. The van der Waals surface area contributed by atoms with Crippen LogP contribution in [0.2, 0.25) is 0 Å². The Labute approximate surface area is 134 Å². The standard InChI is InChI=1S/C15H15ClN2O3S/c1-11-7-13(17-15(19)10-16)9-14(8-11)22(20,21)18-12-5-3-2-4-6-12/h2-9,18H,10H2,1H3,(H,17,19). The minimum atomic E-state index is -3.74. The van der Waals surface area contributed by atoms with E-state index in [0.717, 1.165) is 0 Å². The fourth-order valence-electron chi connectivity index (χ4n) is 1.89. The number of sulfonamides is 1. The summed E-state index contributed by atoms with van der Waals surface area (Å²) in [6.45, 7) is 1.75. The van der Waals surface area contributed by atoms with Gasteiger partial charge in [-0.15, -0.1) is 11.6 Å². The highest BCUT2D eigenvalue weighted by atomic mass is 35.5. The Balaban J connectivity index is 2.32. The number of carbonyl (C=O) groups excluding carboxylic acids is 1. The third-order valence-corrected chi connectivity index (χ3v) is 4.40. The number of amides is 1. The molecule has 0 aliphatic rings. The summed E-state index contributed by atoms with van der Waals surface area (Å²) in [5.41, 5.74) is 1.57. The summed E-state index contributed by atoms with van der Waals surface area (Å²) in [5, 5.41) is 2.55. The van der Waals surface area contributed by atoms with Crippen molar-refractivity contribution in [3.8, 4) is 0 Å². The number of para-hydroxylation sites is 1. The molecule has 0 aliphatic heterocycles. The minimum absolute atomic E-state index is 0.0706. The van der Waals surface area contributed by atoms with Crippen molar-refractivity contribution in [1.29, 1.82) is 0 Å². The van der Waals surface area contributed by atoms with E-state index in [9.17, 15) is 13.2 Å². The molecule has 7 heteroatoms. The lowest BCUT2D eigenvalue weighted by Gasteiger charge is -2.11. The van der Waals surface area contributed by atoms with Gasteiger partial charge in [-0.05, 0) is 42.8 Å². The van der Waals surface area contributed by atoms with Crippen molar-refractivity contribution in [1.82, 2.24) is 0 Å². The van der Waals surface area contributed by atoms with Gasteiger partial charge in [-0.1, -0.05) is 18.2 Å². The molecule has 0 unspecified atom stereocenters. The first-order chi connectivity index (χ1) is 10.4. The number of carbonyl (C=O) groups is 1. The fourth-order valence-corrected chi connectivity index (χ4v) is 3.14. The molecule has 0 atom stereocenters. The van der Waals surface area contributed by atoms with Crippen LogP contribution in [0.3, 0.4) is 0 Å². The molecule has 2 aromatic rings. The molecule has 1 amide bonds. The maximum absolute atomic E-state index is 12.4. The number of hydrogen-bond acceptors (Lipinski definition) is 3. The van der Waals surface area contributed by atoms with Gasteiger partial charge in [0.25, 0.3) is 10.0 Å². The maximum Gasteiger partial charge on any atom is 0.261 e. The molecule has 0 saturated carbocycles. The molecular formula is C15H15ClN2O3S. The van der Waals surface area contributed by atoms with Crippen molar-refractivity contribution in [2.24, 2.45) is 0 Å². The Kier molecular flexibility index (Phi) is 5.05. The molecule has 2 rings (SSSR count). The van der Waals surface area contributed by atoms with Gasteiger partial charge in [0.1, 0.15) is 5.88 Å². The van der Waals surface area contributed by atoms with Gasteiger partial charge in [-0.3, -0.25) is 9.52 Å². The first-order valence-corrected chi connectivity index (χ1v) is 8.48. The van der Waals surface area contributed by atoms with E-state index in [1.165, 1.54) is 12.1 Å². The lowest BCUT2D eigenvalue weighted by molar-refractivity contribution is -0.113. The van der Waals surface area contributed by atoms with Crippen molar-refractivity contribution in [3.63, 3.8) is 0 Å². The second-order valence-electron chi connectivity index (χ2n) is 4.69. The van der Waals surface area contributed by atoms with Gasteiger partial charge in [-0.2, -0.15) is 0 Å². The van der Waals surface area contributed by atoms with Gasteiger partial charge in [0.05, 0.1) is 4.90 Å². The first-order valence-electron chi connectivity index (χ1n) is 6.46. The summed E-state index contributed by atoms with van der Waals surface area (Å²) in [7, 11) is -3.74. The zero-order valence-corrected chi connectivity index (χ0v) is 13.4. The van der Waals surface area contributed by atoms with E-state index in [1.54, 1.807) is 43.3 Å². The molecule has 0 bridgehead atoms. The number of nitrogens with one attached hydrogen (secondary N) is 2. The van der Waals surface area contributed by atoms with Crippen LogP contribution in [-0.2, 0) is 14.8 Å². The van der Waals surface area contributed by atoms with E-state index >= 15 is 0 Å². The molecule has 2 N–H and O–H groups in total. The number of halogens is 1. The van der Waals surface area contributed by atoms with Crippen LogP contribution in [0.4, 0.5) is 11.4 Å². The highest BCUT2D eigenvalue weighted by Crippen LogP contribution is 2.21. The molecule has 0 fully saturated rings. The van der Waals surface area contributed by atoms with Gasteiger partial charge in [-0.25, -0.2) is 8.42 Å². The van der Waals surface area contributed by atoms with Crippen LogP contribution < -0.4 is 10.0 Å². The number of anilines is 2. The first kappa shape index (κ1) is 16.3. The fraction of sp³-hybridized carbons (Fsp3) is 0.133. The van der Waals surface area contributed by atoms with Crippen molar-refractivity contribution in [2.75, 3.05) is 15.9 Å².